The number of benzene rings is 4. The van der Waals surface area contributed by atoms with Gasteiger partial charge in [0, 0.05) is 38.6 Å². The molecule has 0 aromatic heterocycles. The molecule has 3 atom stereocenters. The molecule has 0 saturated heterocycles. The van der Waals surface area contributed by atoms with E-state index in [0.29, 0.717) is 0 Å². The summed E-state index contributed by atoms with van der Waals surface area (Å²) in [5.74, 6) is 0. The summed E-state index contributed by atoms with van der Waals surface area (Å²) in [4.78, 5) is 0. The third-order valence-corrected chi connectivity index (χ3v) is 18.2. The normalized spacial score (nSPS) is 13.9. The van der Waals surface area contributed by atoms with Crippen LogP contribution >= 0.6 is 14.3 Å². The highest BCUT2D eigenvalue weighted by Gasteiger charge is 2.41. The number of hydrogen-bond donors (Lipinski definition) is 1. The topological polar surface area (TPSA) is 46.2 Å². The Kier molecular flexibility index (Phi) is 16.1. The van der Waals surface area contributed by atoms with Crippen molar-refractivity contribution in [2.75, 3.05) is 6.54 Å². The maximum absolute atomic E-state index is 15.8. The van der Waals surface area contributed by atoms with Crippen molar-refractivity contribution < 1.29 is 9.13 Å². The van der Waals surface area contributed by atoms with Gasteiger partial charge in [0.25, 0.3) is 0 Å². The molecule has 1 N–H and O–H groups in total. The third-order valence-electron chi connectivity index (χ3n) is 10.8. The van der Waals surface area contributed by atoms with Crippen LogP contribution in [0.15, 0.2) is 97.1 Å². The minimum Gasteiger partial charge on any atom is -0.313 e. The highest BCUT2D eigenvalue weighted by atomic mass is 31.2. The number of aryl methyl sites for hydroxylation is 4. The largest absolute Gasteiger partial charge is 0.313 e. The fourth-order valence-electron chi connectivity index (χ4n) is 7.70. The highest BCUT2D eigenvalue weighted by molar-refractivity contribution is 7.79. The summed E-state index contributed by atoms with van der Waals surface area (Å²) in [5, 5.41) is 7.91. The Labute approximate surface area is 311 Å². The van der Waals surface area contributed by atoms with E-state index < -0.39 is 14.3 Å². The summed E-state index contributed by atoms with van der Waals surface area (Å²) in [7, 11) is -5.84. The second-order valence-electron chi connectivity index (χ2n) is 15.0. The van der Waals surface area contributed by atoms with Gasteiger partial charge in [-0.2, -0.15) is 0 Å². The molecule has 3 unspecified atom stereocenters. The second-order valence-corrected chi connectivity index (χ2v) is 21.1. The van der Waals surface area contributed by atoms with Gasteiger partial charge < -0.3 is 14.4 Å². The molecule has 4 aromatic rings. The molecule has 0 aliphatic heterocycles. The fraction of sp³-hybridized carbons (Fsp3) is 0.478. The molecule has 0 heterocycles. The Bertz CT molecular complexity index is 1600. The minimum atomic E-state index is -2.97. The van der Waals surface area contributed by atoms with Gasteiger partial charge in [0.2, 0.25) is 0 Å². The molecule has 0 saturated carbocycles. The average Bonchev–Trinajstić information content (AvgIpc) is 3.13. The van der Waals surface area contributed by atoms with E-state index in [1.807, 2.05) is 0 Å². The SMILES string of the molecule is CCCCC(CCCCNC(CCC)C(CCCC)P(=O)(c1ccc(C)cc1)c1ccc(C)cc1)P(=O)(c1ccc(C)cc1)c1ccc(C)cc1. The standard InChI is InChI=1S/C46H65NO2P2/c1-8-11-16-40(50(48,41-27-19-36(4)20-28-41)42-29-21-37(5)22-30-42)17-13-14-35-47-45(15-10-3)46(18-12-9-2)51(49,43-31-23-38(6)24-32-43)44-33-25-39(7)26-34-44/h19-34,40,45-47H,8-18,35H2,1-7H3. The van der Waals surface area contributed by atoms with Crippen molar-refractivity contribution in [3.63, 3.8) is 0 Å². The Balaban J connectivity index is 1.58. The summed E-state index contributed by atoms with van der Waals surface area (Å²) in [6, 6.07) is 34.0. The molecule has 0 spiro atoms. The Morgan fingerprint density at radius 3 is 1.22 bits per heavy atom. The maximum atomic E-state index is 15.8. The van der Waals surface area contributed by atoms with Gasteiger partial charge >= 0.3 is 0 Å². The lowest BCUT2D eigenvalue weighted by molar-refractivity contribution is 0.419. The van der Waals surface area contributed by atoms with E-state index in [1.54, 1.807) is 0 Å². The van der Waals surface area contributed by atoms with Crippen LogP contribution in [-0.2, 0) is 9.13 Å². The van der Waals surface area contributed by atoms with Crippen LogP contribution in [0, 0.1) is 27.7 Å². The molecule has 0 bridgehead atoms. The van der Waals surface area contributed by atoms with Crippen LogP contribution in [0.1, 0.15) is 114 Å². The van der Waals surface area contributed by atoms with Gasteiger partial charge in [-0.05, 0) is 66.3 Å². The minimum absolute atomic E-state index is 0.0170. The smallest absolute Gasteiger partial charge is 0.147 e. The summed E-state index contributed by atoms with van der Waals surface area (Å²) in [6.07, 6.45) is 11.2. The zero-order valence-electron chi connectivity index (χ0n) is 32.7. The number of nitrogens with one attached hydrogen (secondary N) is 1. The first-order valence-corrected chi connectivity index (χ1v) is 23.3. The summed E-state index contributed by atoms with van der Waals surface area (Å²) in [5.41, 5.74) is 4.89. The summed E-state index contributed by atoms with van der Waals surface area (Å²) in [6.45, 7) is 16.0. The monoisotopic (exact) mass is 725 g/mol. The van der Waals surface area contributed by atoms with Gasteiger partial charge in [-0.1, -0.05) is 179 Å². The lowest BCUT2D eigenvalue weighted by atomic mass is 10.0. The van der Waals surface area contributed by atoms with Crippen molar-refractivity contribution in [2.24, 2.45) is 0 Å². The molecule has 4 aromatic carbocycles. The third kappa shape index (κ3) is 10.5. The van der Waals surface area contributed by atoms with Crippen LogP contribution in [0.2, 0.25) is 0 Å². The van der Waals surface area contributed by atoms with Gasteiger partial charge in [0.15, 0.2) is 0 Å². The Hall–Kier alpha value is -2.70. The number of rotatable bonds is 21. The molecule has 0 aliphatic carbocycles. The second kappa shape index (κ2) is 19.9. The lowest BCUT2D eigenvalue weighted by Gasteiger charge is -2.36. The van der Waals surface area contributed by atoms with E-state index in [0.717, 1.165) is 98.4 Å². The Morgan fingerprint density at radius 2 is 0.824 bits per heavy atom. The molecule has 0 amide bonds. The zero-order valence-corrected chi connectivity index (χ0v) is 34.5. The molecule has 3 nitrogen and oxygen atoms in total. The molecule has 0 radical (unpaired) electrons. The first kappa shape index (κ1) is 41.1. The van der Waals surface area contributed by atoms with Crippen LogP contribution < -0.4 is 26.5 Å². The van der Waals surface area contributed by atoms with Crippen molar-refractivity contribution in [3.8, 4) is 0 Å². The first-order valence-electron chi connectivity index (χ1n) is 19.8. The molecule has 0 aliphatic rings. The summed E-state index contributed by atoms with van der Waals surface area (Å²) < 4.78 is 31.3. The highest BCUT2D eigenvalue weighted by Crippen LogP contribution is 2.54. The van der Waals surface area contributed by atoms with Crippen LogP contribution in [0.3, 0.4) is 0 Å². The average molecular weight is 726 g/mol. The molecular formula is C46H65NO2P2. The van der Waals surface area contributed by atoms with Crippen LogP contribution in [0.25, 0.3) is 0 Å². The van der Waals surface area contributed by atoms with E-state index >= 15 is 9.13 Å². The van der Waals surface area contributed by atoms with Crippen molar-refractivity contribution in [1.82, 2.24) is 5.32 Å². The molecule has 276 valence electrons. The fourth-order valence-corrected chi connectivity index (χ4v) is 14.7. The number of unbranched alkanes of at least 4 members (excludes halogenated alkanes) is 3. The summed E-state index contributed by atoms with van der Waals surface area (Å²) >= 11 is 0. The van der Waals surface area contributed by atoms with Crippen LogP contribution in [-0.4, -0.2) is 23.9 Å². The number of hydrogen-bond acceptors (Lipinski definition) is 3. The van der Waals surface area contributed by atoms with E-state index in [9.17, 15) is 0 Å². The van der Waals surface area contributed by atoms with Crippen molar-refractivity contribution in [2.45, 2.75) is 136 Å². The van der Waals surface area contributed by atoms with Gasteiger partial charge in [-0.15, -0.1) is 0 Å². The van der Waals surface area contributed by atoms with Crippen molar-refractivity contribution in [1.29, 1.82) is 0 Å². The van der Waals surface area contributed by atoms with Crippen molar-refractivity contribution >= 4 is 35.5 Å². The van der Waals surface area contributed by atoms with Crippen molar-refractivity contribution in [3.05, 3.63) is 119 Å². The predicted octanol–water partition coefficient (Wildman–Crippen LogP) is 11.3. The molecule has 51 heavy (non-hydrogen) atoms. The zero-order chi connectivity index (χ0) is 36.9. The van der Waals surface area contributed by atoms with E-state index in [2.05, 4.69) is 151 Å². The van der Waals surface area contributed by atoms with E-state index in [-0.39, 0.29) is 17.4 Å². The first-order chi connectivity index (χ1) is 24.6. The predicted molar refractivity (Wildman–Crippen MR) is 226 cm³/mol. The quantitative estimate of drug-likeness (QED) is 0.0687. The molecule has 5 heteroatoms. The van der Waals surface area contributed by atoms with E-state index in [4.69, 9.17) is 0 Å². The Morgan fingerprint density at radius 1 is 0.451 bits per heavy atom. The van der Waals surface area contributed by atoms with E-state index in [1.165, 1.54) is 22.3 Å². The maximum Gasteiger partial charge on any atom is 0.147 e. The molecular weight excluding hydrogens is 660 g/mol. The van der Waals surface area contributed by atoms with Crippen LogP contribution in [0.4, 0.5) is 0 Å². The molecule has 4 rings (SSSR count). The lowest BCUT2D eigenvalue weighted by Crippen LogP contribution is -2.44. The van der Waals surface area contributed by atoms with Gasteiger partial charge in [0.05, 0.1) is 0 Å². The van der Waals surface area contributed by atoms with Gasteiger partial charge in [-0.25, -0.2) is 0 Å². The van der Waals surface area contributed by atoms with Gasteiger partial charge in [0.1, 0.15) is 14.3 Å². The van der Waals surface area contributed by atoms with Gasteiger partial charge in [-0.3, -0.25) is 0 Å². The molecule has 0 fully saturated rings. The van der Waals surface area contributed by atoms with Crippen LogP contribution in [0.5, 0.6) is 0 Å².